The summed E-state index contributed by atoms with van der Waals surface area (Å²) in [4.78, 5) is 12.1. The van der Waals surface area contributed by atoms with Crippen LogP contribution in [-0.4, -0.2) is 20.9 Å². The fourth-order valence-electron chi connectivity index (χ4n) is 2.75. The molecule has 3 rings (SSSR count). The maximum atomic E-state index is 12.7. The Morgan fingerprint density at radius 2 is 1.74 bits per heavy atom. The molecule has 1 amide bonds. The highest BCUT2D eigenvalue weighted by atomic mass is 127. The maximum absolute atomic E-state index is 12.7. The van der Waals surface area contributed by atoms with Gasteiger partial charge in [0.05, 0.1) is 9.92 Å². The highest BCUT2D eigenvalue weighted by Crippen LogP contribution is 2.28. The van der Waals surface area contributed by atoms with Crippen molar-refractivity contribution in [2.24, 2.45) is 0 Å². The van der Waals surface area contributed by atoms with E-state index in [1.807, 2.05) is 42.5 Å². The van der Waals surface area contributed by atoms with Gasteiger partial charge in [0.1, 0.15) is 5.75 Å². The fraction of sp³-hybridized carbons (Fsp3) is 0.136. The van der Waals surface area contributed by atoms with Crippen LogP contribution in [0.15, 0.2) is 77.7 Å². The van der Waals surface area contributed by atoms with Crippen LogP contribution in [0.4, 0.5) is 5.69 Å². The van der Waals surface area contributed by atoms with E-state index in [4.69, 9.17) is 16.3 Å². The summed E-state index contributed by atoms with van der Waals surface area (Å²) >= 11 is 8.38. The lowest BCUT2D eigenvalue weighted by molar-refractivity contribution is -0.118. The second-order valence-corrected chi connectivity index (χ2v) is 10.1. The molecule has 0 spiro atoms. The van der Waals surface area contributed by atoms with Gasteiger partial charge in [-0.25, -0.2) is 13.1 Å². The van der Waals surface area contributed by atoms with Crippen molar-refractivity contribution in [3.63, 3.8) is 0 Å². The number of hydrogen-bond donors (Lipinski definition) is 2. The minimum Gasteiger partial charge on any atom is -0.482 e. The second kappa shape index (κ2) is 10.4. The molecule has 1 atom stereocenters. The van der Waals surface area contributed by atoms with Gasteiger partial charge in [0.2, 0.25) is 10.0 Å². The summed E-state index contributed by atoms with van der Waals surface area (Å²) in [6.45, 7) is 1.50. The third kappa shape index (κ3) is 6.67. The lowest BCUT2D eigenvalue weighted by atomic mass is 10.1. The molecule has 0 saturated heterocycles. The molecule has 6 nitrogen and oxygen atoms in total. The van der Waals surface area contributed by atoms with Crippen molar-refractivity contribution in [2.75, 3.05) is 11.9 Å². The molecule has 2 N–H and O–H groups in total. The van der Waals surface area contributed by atoms with E-state index in [2.05, 4.69) is 32.6 Å². The van der Waals surface area contributed by atoms with Crippen molar-refractivity contribution < 1.29 is 17.9 Å². The molecule has 0 aliphatic rings. The van der Waals surface area contributed by atoms with Crippen LogP contribution in [0, 0.1) is 3.57 Å². The Morgan fingerprint density at radius 3 is 2.39 bits per heavy atom. The molecular formula is C22H20ClIN2O4S. The van der Waals surface area contributed by atoms with Crippen molar-refractivity contribution >= 4 is 55.8 Å². The first kappa shape index (κ1) is 23.5. The van der Waals surface area contributed by atoms with Gasteiger partial charge in [-0.05, 0) is 77.5 Å². The molecule has 31 heavy (non-hydrogen) atoms. The normalized spacial score (nSPS) is 12.2. The second-order valence-electron chi connectivity index (χ2n) is 6.69. The predicted molar refractivity (Wildman–Crippen MR) is 130 cm³/mol. The summed E-state index contributed by atoms with van der Waals surface area (Å²) in [6, 6.07) is 20.3. The summed E-state index contributed by atoms with van der Waals surface area (Å²) < 4.78 is 34.5. The van der Waals surface area contributed by atoms with Gasteiger partial charge in [0.25, 0.3) is 5.91 Å². The number of sulfonamides is 1. The van der Waals surface area contributed by atoms with Gasteiger partial charge < -0.3 is 10.1 Å². The largest absolute Gasteiger partial charge is 0.482 e. The standard InChI is InChI=1S/C22H20ClIN2O4S/c1-15(16-5-3-2-4-6-16)26-31(28,29)19-11-12-21(20(23)13-19)30-14-22(27)25-18-9-7-17(24)8-10-18/h2-13,15,26H,14H2,1H3,(H,25,27)/t15-/m0/s1. The Bertz CT molecular complexity index is 1160. The predicted octanol–water partition coefficient (Wildman–Crippen LogP) is 5.00. The van der Waals surface area contributed by atoms with Crippen LogP contribution in [0.3, 0.4) is 0 Å². The molecule has 0 aromatic heterocycles. The molecule has 0 heterocycles. The molecule has 0 radical (unpaired) electrons. The van der Waals surface area contributed by atoms with E-state index < -0.39 is 16.1 Å². The number of rotatable bonds is 8. The van der Waals surface area contributed by atoms with Crippen molar-refractivity contribution in [3.8, 4) is 5.75 Å². The van der Waals surface area contributed by atoms with Crippen LogP contribution in [0.25, 0.3) is 0 Å². The van der Waals surface area contributed by atoms with E-state index in [0.717, 1.165) is 9.13 Å². The molecule has 0 bridgehead atoms. The third-order valence-corrected chi connectivity index (χ3v) is 6.88. The first-order valence-corrected chi connectivity index (χ1v) is 12.2. The van der Waals surface area contributed by atoms with Gasteiger partial charge in [-0.2, -0.15) is 0 Å². The maximum Gasteiger partial charge on any atom is 0.262 e. The molecule has 9 heteroatoms. The van der Waals surface area contributed by atoms with Crippen LogP contribution in [0.2, 0.25) is 5.02 Å². The van der Waals surface area contributed by atoms with Gasteiger partial charge in [-0.3, -0.25) is 4.79 Å². The Kier molecular flexibility index (Phi) is 7.93. The quantitative estimate of drug-likeness (QED) is 0.373. The fourth-order valence-corrected chi connectivity index (χ4v) is 4.67. The highest BCUT2D eigenvalue weighted by Gasteiger charge is 2.20. The van der Waals surface area contributed by atoms with Gasteiger partial charge >= 0.3 is 0 Å². The summed E-state index contributed by atoms with van der Waals surface area (Å²) in [5.74, 6) is -0.137. The Morgan fingerprint density at radius 1 is 1.06 bits per heavy atom. The van der Waals surface area contributed by atoms with E-state index in [0.29, 0.717) is 5.69 Å². The molecule has 0 saturated carbocycles. The lowest BCUT2D eigenvalue weighted by Gasteiger charge is -2.15. The number of amides is 1. The summed E-state index contributed by atoms with van der Waals surface area (Å²) in [6.07, 6.45) is 0. The first-order valence-electron chi connectivity index (χ1n) is 9.29. The number of halogens is 2. The van der Waals surface area contributed by atoms with Crippen LogP contribution in [0.1, 0.15) is 18.5 Å². The van der Waals surface area contributed by atoms with Gasteiger partial charge in [0, 0.05) is 15.3 Å². The molecule has 3 aromatic carbocycles. The Balaban J connectivity index is 1.62. The zero-order valence-corrected chi connectivity index (χ0v) is 20.2. The van der Waals surface area contributed by atoms with Gasteiger partial charge in [-0.1, -0.05) is 41.9 Å². The topological polar surface area (TPSA) is 84.5 Å². The minimum absolute atomic E-state index is 0.0102. The number of nitrogens with one attached hydrogen (secondary N) is 2. The monoisotopic (exact) mass is 570 g/mol. The van der Waals surface area contributed by atoms with Crippen molar-refractivity contribution in [1.82, 2.24) is 4.72 Å². The van der Waals surface area contributed by atoms with E-state index in [9.17, 15) is 13.2 Å². The van der Waals surface area contributed by atoms with Crippen LogP contribution in [0.5, 0.6) is 5.75 Å². The Hall–Kier alpha value is -2.14. The Labute approximate surface area is 200 Å². The van der Waals surface area contributed by atoms with Gasteiger partial charge in [-0.15, -0.1) is 0 Å². The molecule has 162 valence electrons. The highest BCUT2D eigenvalue weighted by molar-refractivity contribution is 14.1. The molecule has 0 aliphatic carbocycles. The van der Waals surface area contributed by atoms with Crippen molar-refractivity contribution in [3.05, 3.63) is 87.0 Å². The van der Waals surface area contributed by atoms with Crippen LogP contribution >= 0.6 is 34.2 Å². The number of carbonyl (C=O) groups excluding carboxylic acids is 1. The SMILES string of the molecule is C[C@H](NS(=O)(=O)c1ccc(OCC(=O)Nc2ccc(I)cc2)c(Cl)c1)c1ccccc1. The number of carbonyl (C=O) groups is 1. The number of hydrogen-bond acceptors (Lipinski definition) is 4. The zero-order valence-electron chi connectivity index (χ0n) is 16.5. The first-order chi connectivity index (χ1) is 14.7. The average molecular weight is 571 g/mol. The molecule has 3 aromatic rings. The zero-order chi connectivity index (χ0) is 22.4. The number of benzene rings is 3. The molecular weight excluding hydrogens is 551 g/mol. The smallest absolute Gasteiger partial charge is 0.262 e. The molecule has 0 fully saturated rings. The van der Waals surface area contributed by atoms with Gasteiger partial charge in [0.15, 0.2) is 6.61 Å². The van der Waals surface area contributed by atoms with Crippen molar-refractivity contribution in [1.29, 1.82) is 0 Å². The summed E-state index contributed by atoms with van der Waals surface area (Å²) in [7, 11) is -3.79. The van der Waals surface area contributed by atoms with E-state index in [1.165, 1.54) is 18.2 Å². The van der Waals surface area contributed by atoms with E-state index in [1.54, 1.807) is 19.1 Å². The van der Waals surface area contributed by atoms with E-state index >= 15 is 0 Å². The lowest BCUT2D eigenvalue weighted by Crippen LogP contribution is -2.27. The summed E-state index contributed by atoms with van der Waals surface area (Å²) in [5, 5.41) is 2.81. The van der Waals surface area contributed by atoms with Crippen LogP contribution < -0.4 is 14.8 Å². The molecule has 0 unspecified atom stereocenters. The van der Waals surface area contributed by atoms with Crippen LogP contribution in [-0.2, 0) is 14.8 Å². The summed E-state index contributed by atoms with van der Waals surface area (Å²) in [5.41, 5.74) is 1.50. The average Bonchev–Trinajstić information content (AvgIpc) is 2.75. The minimum atomic E-state index is -3.79. The van der Waals surface area contributed by atoms with E-state index in [-0.39, 0.29) is 28.2 Å². The molecule has 0 aliphatic heterocycles. The van der Waals surface area contributed by atoms with Crippen molar-refractivity contribution in [2.45, 2.75) is 17.9 Å². The third-order valence-electron chi connectivity index (χ3n) is 4.33. The number of ether oxygens (including phenoxy) is 1. The number of anilines is 1.